The zero-order valence-corrected chi connectivity index (χ0v) is 12.1. The first kappa shape index (κ1) is 15.5. The Morgan fingerprint density at radius 1 is 1.36 bits per heavy atom. The van der Waals surface area contributed by atoms with Crippen LogP contribution >= 0.6 is 0 Å². The zero-order valence-electron chi connectivity index (χ0n) is 12.1. The van der Waals surface area contributed by atoms with Gasteiger partial charge in [-0.05, 0) is 25.0 Å². The lowest BCUT2D eigenvalue weighted by Gasteiger charge is -2.14. The Morgan fingerprint density at radius 3 is 2.55 bits per heavy atom. The maximum Gasteiger partial charge on any atom is 0.358 e. The quantitative estimate of drug-likeness (QED) is 0.714. The van der Waals surface area contributed by atoms with Crippen molar-refractivity contribution < 1.29 is 19.8 Å². The topological polar surface area (TPSA) is 131 Å². The van der Waals surface area contributed by atoms with Gasteiger partial charge in [-0.25, -0.2) is 14.3 Å². The lowest BCUT2D eigenvalue weighted by atomic mass is 10.0. The number of aromatic carboxylic acids is 1. The minimum absolute atomic E-state index is 0.133. The van der Waals surface area contributed by atoms with Crippen molar-refractivity contribution in [1.29, 1.82) is 0 Å². The molecule has 0 bridgehead atoms. The summed E-state index contributed by atoms with van der Waals surface area (Å²) in [6, 6.07) is 3.99. The van der Waals surface area contributed by atoms with Crippen LogP contribution in [-0.4, -0.2) is 37.1 Å². The van der Waals surface area contributed by atoms with Gasteiger partial charge in [0, 0.05) is 11.3 Å². The van der Waals surface area contributed by atoms with Crippen LogP contribution in [0.4, 0.5) is 5.69 Å². The van der Waals surface area contributed by atoms with E-state index in [2.05, 4.69) is 10.3 Å². The van der Waals surface area contributed by atoms with E-state index in [1.54, 1.807) is 25.1 Å². The summed E-state index contributed by atoms with van der Waals surface area (Å²) < 4.78 is 1.12. The molecular formula is C14H16N4O4. The number of nitrogen functional groups attached to an aromatic ring is 1. The van der Waals surface area contributed by atoms with E-state index in [0.29, 0.717) is 11.3 Å². The molecule has 1 unspecified atom stereocenters. The molecule has 22 heavy (non-hydrogen) atoms. The second kappa shape index (κ2) is 5.84. The third-order valence-corrected chi connectivity index (χ3v) is 3.42. The van der Waals surface area contributed by atoms with E-state index in [0.717, 1.165) is 10.2 Å². The molecule has 1 atom stereocenters. The van der Waals surface area contributed by atoms with E-state index in [4.69, 9.17) is 5.73 Å². The maximum atomic E-state index is 11.4. The Kier molecular flexibility index (Phi) is 4.11. The molecule has 8 nitrogen and oxygen atoms in total. The van der Waals surface area contributed by atoms with Crippen molar-refractivity contribution in [1.82, 2.24) is 15.0 Å². The number of rotatable bonds is 5. The van der Waals surface area contributed by atoms with Crippen LogP contribution in [-0.2, 0) is 4.79 Å². The number of aliphatic carboxylic acids is 1. The number of nitrogens with zero attached hydrogens (tertiary/aromatic N) is 3. The Balaban J connectivity index is 2.70. The third kappa shape index (κ3) is 2.62. The first-order valence-corrected chi connectivity index (χ1v) is 6.64. The number of aromatic nitrogens is 3. The number of nitrogens with two attached hydrogens (primary N) is 1. The second-order valence-corrected chi connectivity index (χ2v) is 4.87. The molecular weight excluding hydrogens is 288 g/mol. The van der Waals surface area contributed by atoms with Crippen LogP contribution in [0.5, 0.6) is 0 Å². The van der Waals surface area contributed by atoms with Gasteiger partial charge in [-0.1, -0.05) is 24.3 Å². The predicted octanol–water partition coefficient (Wildman–Crippen LogP) is 1.57. The smallest absolute Gasteiger partial charge is 0.358 e. The summed E-state index contributed by atoms with van der Waals surface area (Å²) in [7, 11) is 0. The van der Waals surface area contributed by atoms with Crippen LogP contribution in [0.3, 0.4) is 0 Å². The summed E-state index contributed by atoms with van der Waals surface area (Å²) in [5, 5.41) is 25.9. The number of carboxylic acid groups (broad SMARTS) is 2. The van der Waals surface area contributed by atoms with Crippen molar-refractivity contribution in [3.05, 3.63) is 29.5 Å². The average molecular weight is 304 g/mol. The number of anilines is 1. The summed E-state index contributed by atoms with van der Waals surface area (Å²) in [6.07, 6.45) is 0.242. The van der Waals surface area contributed by atoms with Crippen molar-refractivity contribution in [3.63, 3.8) is 0 Å². The summed E-state index contributed by atoms with van der Waals surface area (Å²) in [5.41, 5.74) is 7.47. The van der Waals surface area contributed by atoms with Gasteiger partial charge in [-0.3, -0.25) is 0 Å². The highest BCUT2D eigenvalue weighted by molar-refractivity contribution is 5.93. The molecule has 0 aliphatic rings. The summed E-state index contributed by atoms with van der Waals surface area (Å²) in [5.74, 6) is -2.38. The molecule has 0 aliphatic carbocycles. The van der Waals surface area contributed by atoms with Gasteiger partial charge >= 0.3 is 11.9 Å². The number of hydrogen-bond donors (Lipinski definition) is 3. The first-order chi connectivity index (χ1) is 10.4. The van der Waals surface area contributed by atoms with Crippen LogP contribution < -0.4 is 5.73 Å². The van der Waals surface area contributed by atoms with E-state index >= 15 is 0 Å². The molecule has 0 saturated heterocycles. The molecule has 8 heteroatoms. The monoisotopic (exact) mass is 304 g/mol. The molecule has 0 fully saturated rings. The van der Waals surface area contributed by atoms with Crippen molar-refractivity contribution in [2.75, 3.05) is 5.73 Å². The van der Waals surface area contributed by atoms with Crippen molar-refractivity contribution in [2.24, 2.45) is 0 Å². The van der Waals surface area contributed by atoms with Gasteiger partial charge in [0.1, 0.15) is 5.69 Å². The van der Waals surface area contributed by atoms with Gasteiger partial charge in [0.05, 0.1) is 0 Å². The van der Waals surface area contributed by atoms with Gasteiger partial charge in [0.2, 0.25) is 0 Å². The molecule has 2 rings (SSSR count). The van der Waals surface area contributed by atoms with Crippen molar-refractivity contribution in [2.45, 2.75) is 26.3 Å². The molecule has 0 amide bonds. The molecule has 0 spiro atoms. The third-order valence-electron chi connectivity index (χ3n) is 3.42. The van der Waals surface area contributed by atoms with Crippen LogP contribution in [0.1, 0.15) is 35.4 Å². The highest BCUT2D eigenvalue weighted by Gasteiger charge is 2.28. The summed E-state index contributed by atoms with van der Waals surface area (Å²) >= 11 is 0. The minimum atomic E-state index is -1.28. The first-order valence-electron chi connectivity index (χ1n) is 6.64. The van der Waals surface area contributed by atoms with Gasteiger partial charge < -0.3 is 15.9 Å². The molecule has 0 aliphatic heterocycles. The van der Waals surface area contributed by atoms with Crippen LogP contribution in [0.15, 0.2) is 18.2 Å². The molecule has 116 valence electrons. The SMILES string of the molecule is CCC(C(=O)O)n1nnc(C(=O)O)c1-c1ccc(C)c(N)c1. The van der Waals surface area contributed by atoms with Gasteiger partial charge in [0.15, 0.2) is 11.7 Å². The molecule has 1 heterocycles. The van der Waals surface area contributed by atoms with Gasteiger partial charge in [0.25, 0.3) is 0 Å². The fourth-order valence-electron chi connectivity index (χ4n) is 2.16. The standard InChI is InChI=1S/C14H16N4O4/c1-3-10(13(19)20)18-12(11(14(21)22)16-17-18)8-5-4-7(2)9(15)6-8/h4-6,10H,3,15H2,1-2H3,(H,19,20)(H,21,22). The van der Waals surface area contributed by atoms with E-state index in [-0.39, 0.29) is 17.8 Å². The number of aryl methyl sites for hydroxylation is 1. The highest BCUT2D eigenvalue weighted by atomic mass is 16.4. The van der Waals surface area contributed by atoms with Crippen molar-refractivity contribution in [3.8, 4) is 11.3 Å². The van der Waals surface area contributed by atoms with Gasteiger partial charge in [-0.15, -0.1) is 5.10 Å². The fourth-order valence-corrected chi connectivity index (χ4v) is 2.16. The average Bonchev–Trinajstić information content (AvgIpc) is 2.87. The highest BCUT2D eigenvalue weighted by Crippen LogP contribution is 2.29. The molecule has 4 N–H and O–H groups in total. The fraction of sp³-hybridized carbons (Fsp3) is 0.286. The number of carboxylic acids is 2. The minimum Gasteiger partial charge on any atom is -0.480 e. The van der Waals surface area contributed by atoms with Gasteiger partial charge in [-0.2, -0.15) is 0 Å². The molecule has 1 aromatic heterocycles. The Morgan fingerprint density at radius 2 is 2.05 bits per heavy atom. The van der Waals surface area contributed by atoms with E-state index in [1.165, 1.54) is 0 Å². The van der Waals surface area contributed by atoms with Crippen LogP contribution in [0.25, 0.3) is 11.3 Å². The van der Waals surface area contributed by atoms with Crippen molar-refractivity contribution >= 4 is 17.6 Å². The molecule has 0 saturated carbocycles. The summed E-state index contributed by atoms with van der Waals surface area (Å²) in [6.45, 7) is 3.49. The summed E-state index contributed by atoms with van der Waals surface area (Å²) in [4.78, 5) is 22.7. The van der Waals surface area contributed by atoms with E-state index in [9.17, 15) is 19.8 Å². The lowest BCUT2D eigenvalue weighted by molar-refractivity contribution is -0.141. The largest absolute Gasteiger partial charge is 0.480 e. The number of benzene rings is 1. The molecule has 2 aromatic rings. The van der Waals surface area contributed by atoms with E-state index in [1.807, 2.05) is 6.92 Å². The number of hydrogen-bond acceptors (Lipinski definition) is 5. The second-order valence-electron chi connectivity index (χ2n) is 4.87. The van der Waals surface area contributed by atoms with E-state index < -0.39 is 18.0 Å². The Labute approximate surface area is 126 Å². The number of carbonyl (C=O) groups is 2. The molecule has 0 radical (unpaired) electrons. The molecule has 1 aromatic carbocycles. The Bertz CT molecular complexity index is 738. The normalized spacial score (nSPS) is 12.1. The predicted molar refractivity (Wildman–Crippen MR) is 78.5 cm³/mol. The Hall–Kier alpha value is -2.90. The maximum absolute atomic E-state index is 11.4. The van der Waals surface area contributed by atoms with Crippen LogP contribution in [0, 0.1) is 6.92 Å². The zero-order chi connectivity index (χ0) is 16.4. The lowest BCUT2D eigenvalue weighted by Crippen LogP contribution is -2.20. The van der Waals surface area contributed by atoms with Crippen LogP contribution in [0.2, 0.25) is 0 Å².